The van der Waals surface area contributed by atoms with Crippen molar-refractivity contribution in [2.45, 2.75) is 57.3 Å². The van der Waals surface area contributed by atoms with E-state index in [4.69, 9.17) is 0 Å². The third-order valence-electron chi connectivity index (χ3n) is 5.90. The second-order valence-electron chi connectivity index (χ2n) is 8.09. The highest BCUT2D eigenvalue weighted by atomic mass is 16.2. The topological polar surface area (TPSA) is 90.5 Å². The van der Waals surface area contributed by atoms with Gasteiger partial charge >= 0.3 is 0 Å². The number of carbonyl (C=O) groups is 3. The van der Waals surface area contributed by atoms with Crippen LogP contribution in [-0.4, -0.2) is 47.3 Å². The Kier molecular flexibility index (Phi) is 4.74. The Morgan fingerprint density at radius 2 is 2.15 bits per heavy atom. The lowest BCUT2D eigenvalue weighted by atomic mass is 9.92. The van der Waals surface area contributed by atoms with Gasteiger partial charge in [0.05, 0.1) is 0 Å². The summed E-state index contributed by atoms with van der Waals surface area (Å²) in [6, 6.07) is 5.35. The molecule has 0 aliphatic carbocycles. The summed E-state index contributed by atoms with van der Waals surface area (Å²) in [4.78, 5) is 37.8. The van der Waals surface area contributed by atoms with E-state index in [1.807, 2.05) is 12.1 Å². The van der Waals surface area contributed by atoms with Crippen LogP contribution in [0.2, 0.25) is 0 Å². The Morgan fingerprint density at radius 1 is 1.30 bits per heavy atom. The van der Waals surface area contributed by atoms with Gasteiger partial charge in [0.1, 0.15) is 6.04 Å². The predicted octanol–water partition coefficient (Wildman–Crippen LogP) is 0.679. The summed E-state index contributed by atoms with van der Waals surface area (Å²) in [5, 5.41) is 9.41. The monoisotopic (exact) mass is 370 g/mol. The Bertz CT molecular complexity index is 785. The molecule has 2 saturated heterocycles. The van der Waals surface area contributed by atoms with Gasteiger partial charge in [-0.2, -0.15) is 0 Å². The molecule has 0 bridgehead atoms. The maximum absolute atomic E-state index is 12.7. The number of hydrogen-bond acceptors (Lipinski definition) is 5. The van der Waals surface area contributed by atoms with Crippen LogP contribution in [0.3, 0.4) is 0 Å². The van der Waals surface area contributed by atoms with Crippen molar-refractivity contribution in [2.75, 3.05) is 13.1 Å². The maximum atomic E-state index is 12.7. The summed E-state index contributed by atoms with van der Waals surface area (Å²) in [6.07, 6.45) is 2.98. The third kappa shape index (κ3) is 3.61. The lowest BCUT2D eigenvalue weighted by Gasteiger charge is -2.35. The SMILES string of the molecule is CC1(NCc2ccc3c(c2)CN(C2CCC(=O)NC2=O)C3=O)CCCNC1. The maximum Gasteiger partial charge on any atom is 0.255 e. The third-order valence-corrected chi connectivity index (χ3v) is 5.90. The van der Waals surface area contributed by atoms with Crippen LogP contribution in [0.15, 0.2) is 18.2 Å². The Balaban J connectivity index is 1.44. The van der Waals surface area contributed by atoms with Gasteiger partial charge in [-0.3, -0.25) is 19.7 Å². The van der Waals surface area contributed by atoms with E-state index in [2.05, 4.69) is 28.9 Å². The average Bonchev–Trinajstić information content (AvgIpc) is 2.97. The first kappa shape index (κ1) is 18.1. The van der Waals surface area contributed by atoms with Crippen molar-refractivity contribution < 1.29 is 14.4 Å². The average molecular weight is 370 g/mol. The second-order valence-corrected chi connectivity index (χ2v) is 8.09. The molecule has 3 amide bonds. The number of carbonyl (C=O) groups excluding carboxylic acids is 3. The highest BCUT2D eigenvalue weighted by Crippen LogP contribution is 2.28. The van der Waals surface area contributed by atoms with Crippen molar-refractivity contribution in [3.63, 3.8) is 0 Å². The Morgan fingerprint density at radius 3 is 2.89 bits per heavy atom. The zero-order valence-corrected chi connectivity index (χ0v) is 15.6. The van der Waals surface area contributed by atoms with Crippen LogP contribution < -0.4 is 16.0 Å². The molecular formula is C20H26N4O3. The second kappa shape index (κ2) is 7.05. The fraction of sp³-hybridized carbons (Fsp3) is 0.550. The lowest BCUT2D eigenvalue weighted by molar-refractivity contribution is -0.136. The first-order valence-corrected chi connectivity index (χ1v) is 9.67. The van der Waals surface area contributed by atoms with Crippen LogP contribution in [0.25, 0.3) is 0 Å². The van der Waals surface area contributed by atoms with E-state index >= 15 is 0 Å². The molecule has 7 heteroatoms. The van der Waals surface area contributed by atoms with Crippen molar-refractivity contribution in [1.29, 1.82) is 0 Å². The number of nitrogens with zero attached hydrogens (tertiary/aromatic N) is 1. The van der Waals surface area contributed by atoms with Crippen molar-refractivity contribution in [3.05, 3.63) is 34.9 Å². The zero-order valence-electron chi connectivity index (χ0n) is 15.6. The fourth-order valence-corrected chi connectivity index (χ4v) is 4.26. The summed E-state index contributed by atoms with van der Waals surface area (Å²) in [5.41, 5.74) is 2.84. The van der Waals surface area contributed by atoms with Gasteiger partial charge in [0.2, 0.25) is 11.8 Å². The van der Waals surface area contributed by atoms with E-state index in [0.717, 1.165) is 37.2 Å². The van der Waals surface area contributed by atoms with Gasteiger partial charge in [0.25, 0.3) is 5.91 Å². The van der Waals surface area contributed by atoms with Gasteiger partial charge < -0.3 is 15.5 Å². The van der Waals surface area contributed by atoms with Crippen molar-refractivity contribution in [2.24, 2.45) is 0 Å². The molecule has 0 aromatic heterocycles. The van der Waals surface area contributed by atoms with Crippen molar-refractivity contribution >= 4 is 17.7 Å². The molecule has 1 aromatic carbocycles. The molecule has 144 valence electrons. The summed E-state index contributed by atoms with van der Waals surface area (Å²) in [6.45, 7) is 5.44. The van der Waals surface area contributed by atoms with E-state index in [9.17, 15) is 14.4 Å². The van der Waals surface area contributed by atoms with E-state index in [1.165, 1.54) is 6.42 Å². The molecule has 4 rings (SSSR count). The van der Waals surface area contributed by atoms with E-state index in [1.54, 1.807) is 4.90 Å². The summed E-state index contributed by atoms with van der Waals surface area (Å²) in [7, 11) is 0. The zero-order chi connectivity index (χ0) is 19.0. The molecule has 2 unspecified atom stereocenters. The molecule has 0 saturated carbocycles. The first-order chi connectivity index (χ1) is 13.0. The number of nitrogens with one attached hydrogen (secondary N) is 3. The number of fused-ring (bicyclic) bond motifs is 1. The highest BCUT2D eigenvalue weighted by Gasteiger charge is 2.39. The fourth-order valence-electron chi connectivity index (χ4n) is 4.26. The number of amides is 3. The number of rotatable bonds is 4. The Hall–Kier alpha value is -2.25. The molecule has 2 atom stereocenters. The molecular weight excluding hydrogens is 344 g/mol. The quantitative estimate of drug-likeness (QED) is 0.678. The Labute approximate surface area is 158 Å². The van der Waals surface area contributed by atoms with E-state index in [-0.39, 0.29) is 29.7 Å². The number of hydrogen-bond donors (Lipinski definition) is 3. The smallest absolute Gasteiger partial charge is 0.255 e. The predicted molar refractivity (Wildman–Crippen MR) is 99.8 cm³/mol. The molecule has 3 aliphatic heterocycles. The van der Waals surface area contributed by atoms with Gasteiger partial charge in [0.15, 0.2) is 0 Å². The molecule has 3 N–H and O–H groups in total. The number of imide groups is 1. The van der Waals surface area contributed by atoms with Crippen LogP contribution in [0.5, 0.6) is 0 Å². The lowest BCUT2D eigenvalue weighted by Crippen LogP contribution is -2.53. The molecule has 3 heterocycles. The molecule has 3 aliphatic rings. The van der Waals surface area contributed by atoms with Gasteiger partial charge in [-0.25, -0.2) is 0 Å². The van der Waals surface area contributed by atoms with Crippen LogP contribution >= 0.6 is 0 Å². The minimum atomic E-state index is -0.559. The molecule has 1 aromatic rings. The van der Waals surface area contributed by atoms with Crippen LogP contribution in [0.4, 0.5) is 0 Å². The van der Waals surface area contributed by atoms with Gasteiger partial charge in [-0.05, 0) is 49.9 Å². The summed E-state index contributed by atoms with van der Waals surface area (Å²) < 4.78 is 0. The van der Waals surface area contributed by atoms with E-state index < -0.39 is 6.04 Å². The van der Waals surface area contributed by atoms with Gasteiger partial charge in [-0.15, -0.1) is 0 Å². The minimum absolute atomic E-state index is 0.0891. The first-order valence-electron chi connectivity index (χ1n) is 9.67. The van der Waals surface area contributed by atoms with Gasteiger partial charge in [-0.1, -0.05) is 12.1 Å². The standard InChI is InChI=1S/C20H26N4O3/c1-20(7-2-8-21-12-20)22-10-13-3-4-15-14(9-13)11-24(19(15)27)16-5-6-17(25)23-18(16)26/h3-4,9,16,21-22H,2,5-8,10-12H2,1H3,(H,23,25,26). The number of piperidine rings is 2. The van der Waals surface area contributed by atoms with E-state index in [0.29, 0.717) is 18.5 Å². The molecule has 2 fully saturated rings. The summed E-state index contributed by atoms with van der Waals surface area (Å²) in [5.74, 6) is -0.756. The molecule has 27 heavy (non-hydrogen) atoms. The van der Waals surface area contributed by atoms with Crippen LogP contribution in [-0.2, 0) is 22.7 Å². The van der Waals surface area contributed by atoms with Crippen LogP contribution in [0.1, 0.15) is 54.1 Å². The van der Waals surface area contributed by atoms with Crippen molar-refractivity contribution in [3.8, 4) is 0 Å². The summed E-state index contributed by atoms with van der Waals surface area (Å²) >= 11 is 0. The molecule has 0 radical (unpaired) electrons. The molecule has 0 spiro atoms. The van der Waals surface area contributed by atoms with Gasteiger partial charge in [0, 0.05) is 37.2 Å². The largest absolute Gasteiger partial charge is 0.322 e. The molecule has 7 nitrogen and oxygen atoms in total. The minimum Gasteiger partial charge on any atom is -0.322 e. The van der Waals surface area contributed by atoms with Crippen molar-refractivity contribution in [1.82, 2.24) is 20.9 Å². The normalized spacial score (nSPS) is 28.3. The highest BCUT2D eigenvalue weighted by molar-refractivity contribution is 6.05. The number of benzene rings is 1. The van der Waals surface area contributed by atoms with Crippen LogP contribution in [0, 0.1) is 0 Å².